The lowest BCUT2D eigenvalue weighted by Gasteiger charge is -2.39. The Morgan fingerprint density at radius 3 is 2.12 bits per heavy atom. The molecule has 0 spiro atoms. The number of hydrogen-bond donors (Lipinski definition) is 1. The Labute approximate surface area is 113 Å². The van der Waals surface area contributed by atoms with Crippen LogP contribution in [-0.2, 0) is 4.79 Å². The Bertz CT molecular complexity index is 278. The number of rotatable bonds is 3. The van der Waals surface area contributed by atoms with Crippen LogP contribution in [0.4, 0.5) is 0 Å². The normalized spacial score (nSPS) is 26.7. The first-order valence-corrected chi connectivity index (χ1v) is 8.11. The van der Waals surface area contributed by atoms with Crippen LogP contribution in [0.3, 0.4) is 0 Å². The standard InChI is InChI=1S/C14H24BrNO/c1-13(7-5-6-8-13)12(17)16-14(11-15)9-3-2-4-10-14/h2-11H2,1H3,(H,16,17). The van der Waals surface area contributed by atoms with E-state index in [2.05, 4.69) is 28.2 Å². The molecule has 1 N–H and O–H groups in total. The summed E-state index contributed by atoms with van der Waals surface area (Å²) in [5, 5.41) is 4.28. The number of carbonyl (C=O) groups is 1. The molecule has 2 rings (SSSR count). The van der Waals surface area contributed by atoms with Crippen LogP contribution in [0.2, 0.25) is 0 Å². The summed E-state index contributed by atoms with van der Waals surface area (Å²) in [5.74, 6) is 0.302. The molecular weight excluding hydrogens is 278 g/mol. The highest BCUT2D eigenvalue weighted by atomic mass is 79.9. The number of halogens is 1. The number of nitrogens with one attached hydrogen (secondary N) is 1. The molecule has 0 aromatic carbocycles. The minimum atomic E-state index is -0.0907. The molecule has 2 fully saturated rings. The molecule has 0 radical (unpaired) electrons. The molecule has 2 aliphatic rings. The fraction of sp³-hybridized carbons (Fsp3) is 0.929. The van der Waals surface area contributed by atoms with Crippen molar-refractivity contribution in [1.82, 2.24) is 5.32 Å². The Morgan fingerprint density at radius 2 is 1.59 bits per heavy atom. The highest BCUT2D eigenvalue weighted by Gasteiger charge is 2.41. The van der Waals surface area contributed by atoms with Crippen LogP contribution in [0.15, 0.2) is 0 Å². The Balaban J connectivity index is 2.00. The molecule has 0 heterocycles. The Morgan fingerprint density at radius 1 is 1.06 bits per heavy atom. The van der Waals surface area contributed by atoms with Crippen molar-refractivity contribution >= 4 is 21.8 Å². The van der Waals surface area contributed by atoms with E-state index in [1.165, 1.54) is 32.1 Å². The van der Waals surface area contributed by atoms with Gasteiger partial charge in [0.05, 0.1) is 0 Å². The molecule has 17 heavy (non-hydrogen) atoms. The van der Waals surface area contributed by atoms with Gasteiger partial charge in [-0.1, -0.05) is 55.0 Å². The van der Waals surface area contributed by atoms with Crippen molar-refractivity contribution in [2.75, 3.05) is 5.33 Å². The topological polar surface area (TPSA) is 29.1 Å². The predicted molar refractivity (Wildman–Crippen MR) is 74.3 cm³/mol. The maximum absolute atomic E-state index is 12.5. The second-order valence-corrected chi connectivity index (χ2v) is 6.76. The van der Waals surface area contributed by atoms with Gasteiger partial charge in [-0.25, -0.2) is 0 Å². The first-order chi connectivity index (χ1) is 8.10. The van der Waals surface area contributed by atoms with Crippen molar-refractivity contribution in [3.8, 4) is 0 Å². The van der Waals surface area contributed by atoms with Gasteiger partial charge in [0, 0.05) is 16.3 Å². The quantitative estimate of drug-likeness (QED) is 0.790. The summed E-state index contributed by atoms with van der Waals surface area (Å²) >= 11 is 3.61. The molecule has 0 bridgehead atoms. The molecule has 98 valence electrons. The van der Waals surface area contributed by atoms with Crippen LogP contribution in [0.1, 0.15) is 64.7 Å². The van der Waals surface area contributed by atoms with Crippen molar-refractivity contribution in [3.05, 3.63) is 0 Å². The Kier molecular flexibility index (Phi) is 4.17. The largest absolute Gasteiger partial charge is 0.349 e. The van der Waals surface area contributed by atoms with Crippen LogP contribution in [0, 0.1) is 5.41 Å². The van der Waals surface area contributed by atoms with Gasteiger partial charge in [-0.2, -0.15) is 0 Å². The van der Waals surface area contributed by atoms with Crippen molar-refractivity contribution in [2.45, 2.75) is 70.3 Å². The zero-order valence-electron chi connectivity index (χ0n) is 10.9. The van der Waals surface area contributed by atoms with Gasteiger partial charge < -0.3 is 5.32 Å². The highest BCUT2D eigenvalue weighted by molar-refractivity contribution is 9.09. The third kappa shape index (κ3) is 2.86. The predicted octanol–water partition coefficient (Wildman–Crippen LogP) is 3.78. The van der Waals surface area contributed by atoms with Gasteiger partial charge >= 0.3 is 0 Å². The van der Waals surface area contributed by atoms with E-state index in [1.807, 2.05) is 0 Å². The summed E-state index contributed by atoms with van der Waals surface area (Å²) in [5.41, 5.74) is -0.0481. The molecule has 2 nitrogen and oxygen atoms in total. The van der Waals surface area contributed by atoms with Gasteiger partial charge in [0.1, 0.15) is 0 Å². The third-order valence-corrected chi connectivity index (χ3v) is 5.77. The van der Waals surface area contributed by atoms with E-state index < -0.39 is 0 Å². The zero-order chi connectivity index (χ0) is 12.4. The second-order valence-electron chi connectivity index (χ2n) is 6.20. The summed E-state index contributed by atoms with van der Waals surface area (Å²) in [6.07, 6.45) is 10.7. The minimum Gasteiger partial charge on any atom is -0.349 e. The van der Waals surface area contributed by atoms with Gasteiger partial charge in [-0.05, 0) is 25.7 Å². The average molecular weight is 302 g/mol. The molecule has 0 saturated heterocycles. The van der Waals surface area contributed by atoms with E-state index in [0.717, 1.165) is 31.0 Å². The SMILES string of the molecule is CC1(C(=O)NC2(CBr)CCCCC2)CCCC1. The first-order valence-electron chi connectivity index (χ1n) is 6.99. The maximum atomic E-state index is 12.5. The number of amides is 1. The molecular formula is C14H24BrNO. The fourth-order valence-corrected chi connectivity index (χ4v) is 4.00. The molecule has 0 unspecified atom stereocenters. The van der Waals surface area contributed by atoms with Crippen molar-refractivity contribution in [3.63, 3.8) is 0 Å². The minimum absolute atomic E-state index is 0.0426. The van der Waals surface area contributed by atoms with Gasteiger partial charge in [0.25, 0.3) is 0 Å². The van der Waals surface area contributed by atoms with E-state index in [9.17, 15) is 4.79 Å². The first kappa shape index (κ1) is 13.4. The van der Waals surface area contributed by atoms with Crippen LogP contribution in [0.25, 0.3) is 0 Å². The van der Waals surface area contributed by atoms with Crippen LogP contribution in [-0.4, -0.2) is 16.8 Å². The smallest absolute Gasteiger partial charge is 0.226 e. The fourth-order valence-electron chi connectivity index (χ4n) is 3.29. The number of hydrogen-bond acceptors (Lipinski definition) is 1. The number of carbonyl (C=O) groups excluding carboxylic acids is 1. The summed E-state index contributed by atoms with van der Waals surface area (Å²) in [4.78, 5) is 12.5. The van der Waals surface area contributed by atoms with E-state index in [-0.39, 0.29) is 11.0 Å². The molecule has 2 aliphatic carbocycles. The molecule has 3 heteroatoms. The molecule has 0 aromatic heterocycles. The van der Waals surface area contributed by atoms with Gasteiger partial charge in [-0.3, -0.25) is 4.79 Å². The zero-order valence-corrected chi connectivity index (χ0v) is 12.4. The van der Waals surface area contributed by atoms with Crippen LogP contribution < -0.4 is 5.32 Å². The molecule has 0 atom stereocenters. The second kappa shape index (κ2) is 5.29. The van der Waals surface area contributed by atoms with E-state index in [0.29, 0.717) is 5.91 Å². The average Bonchev–Trinajstić information content (AvgIpc) is 2.79. The molecule has 1 amide bonds. The van der Waals surface area contributed by atoms with Crippen LogP contribution in [0.5, 0.6) is 0 Å². The van der Waals surface area contributed by atoms with E-state index >= 15 is 0 Å². The van der Waals surface area contributed by atoms with Crippen molar-refractivity contribution in [2.24, 2.45) is 5.41 Å². The van der Waals surface area contributed by atoms with E-state index in [4.69, 9.17) is 0 Å². The van der Waals surface area contributed by atoms with Gasteiger partial charge in [0.2, 0.25) is 5.91 Å². The number of alkyl halides is 1. The molecule has 0 aromatic rings. The van der Waals surface area contributed by atoms with E-state index in [1.54, 1.807) is 0 Å². The summed E-state index contributed by atoms with van der Waals surface area (Å²) in [7, 11) is 0. The summed E-state index contributed by atoms with van der Waals surface area (Å²) in [6, 6.07) is 0. The summed E-state index contributed by atoms with van der Waals surface area (Å²) < 4.78 is 0. The van der Waals surface area contributed by atoms with Crippen molar-refractivity contribution < 1.29 is 4.79 Å². The maximum Gasteiger partial charge on any atom is 0.226 e. The summed E-state index contributed by atoms with van der Waals surface area (Å²) in [6.45, 7) is 2.14. The van der Waals surface area contributed by atoms with Gasteiger partial charge in [-0.15, -0.1) is 0 Å². The highest BCUT2D eigenvalue weighted by Crippen LogP contribution is 2.39. The third-order valence-electron chi connectivity index (χ3n) is 4.70. The Hall–Kier alpha value is -0.0500. The lowest BCUT2D eigenvalue weighted by atomic mass is 9.80. The lowest BCUT2D eigenvalue weighted by Crippen LogP contribution is -2.54. The van der Waals surface area contributed by atoms with Crippen LogP contribution >= 0.6 is 15.9 Å². The lowest BCUT2D eigenvalue weighted by molar-refractivity contribution is -0.132. The monoisotopic (exact) mass is 301 g/mol. The molecule has 2 saturated carbocycles. The molecule has 0 aliphatic heterocycles. The van der Waals surface area contributed by atoms with Gasteiger partial charge in [0.15, 0.2) is 0 Å². The van der Waals surface area contributed by atoms with Crippen molar-refractivity contribution in [1.29, 1.82) is 0 Å².